The fraction of sp³-hybridized carbons (Fsp3) is 0.588. The minimum Gasteiger partial charge on any atom is -0.406 e. The fourth-order valence-corrected chi connectivity index (χ4v) is 2.37. The van der Waals surface area contributed by atoms with Crippen LogP contribution in [0.5, 0.6) is 5.75 Å². The van der Waals surface area contributed by atoms with E-state index in [4.69, 9.17) is 5.11 Å². The number of halogens is 3. The van der Waals surface area contributed by atoms with Crippen molar-refractivity contribution < 1.29 is 27.8 Å². The smallest absolute Gasteiger partial charge is 0.406 e. The van der Waals surface area contributed by atoms with E-state index in [0.717, 1.165) is 6.42 Å². The van der Waals surface area contributed by atoms with Gasteiger partial charge in [0.2, 0.25) is 5.91 Å². The molecule has 0 aliphatic carbocycles. The molecule has 2 atom stereocenters. The monoisotopic (exact) mass is 347 g/mol. The first-order valence-electron chi connectivity index (χ1n) is 7.99. The lowest BCUT2D eigenvalue weighted by Gasteiger charge is -2.20. The number of carbonyl (C=O) groups is 1. The quantitative estimate of drug-likeness (QED) is 0.719. The van der Waals surface area contributed by atoms with Crippen LogP contribution in [0.25, 0.3) is 0 Å². The number of ether oxygens (including phenoxy) is 1. The molecule has 0 aliphatic rings. The maximum absolute atomic E-state index is 12.4. The number of aliphatic hydroxyl groups is 1. The number of nitrogens with one attached hydrogen (secondary N) is 1. The molecule has 0 heterocycles. The van der Waals surface area contributed by atoms with Crippen molar-refractivity contribution in [1.29, 1.82) is 0 Å². The van der Waals surface area contributed by atoms with Gasteiger partial charge in [0.05, 0.1) is 0 Å². The number of amides is 1. The first kappa shape index (κ1) is 20.3. The summed E-state index contributed by atoms with van der Waals surface area (Å²) in [4.78, 5) is 12.0. The van der Waals surface area contributed by atoms with Gasteiger partial charge in [0.15, 0.2) is 0 Å². The van der Waals surface area contributed by atoms with Crippen LogP contribution < -0.4 is 10.1 Å². The van der Waals surface area contributed by atoms with Crippen molar-refractivity contribution >= 4 is 5.91 Å². The van der Waals surface area contributed by atoms with Crippen LogP contribution in [0.4, 0.5) is 13.2 Å². The van der Waals surface area contributed by atoms with Crippen LogP contribution in [0.1, 0.15) is 38.7 Å². The number of benzene rings is 1. The van der Waals surface area contributed by atoms with Crippen molar-refractivity contribution in [2.75, 3.05) is 6.61 Å². The molecule has 0 aromatic heterocycles. The van der Waals surface area contributed by atoms with Gasteiger partial charge >= 0.3 is 6.36 Å². The molecular formula is C17H24F3NO3. The molecule has 1 aromatic carbocycles. The molecule has 136 valence electrons. The van der Waals surface area contributed by atoms with Gasteiger partial charge in [-0.3, -0.25) is 4.79 Å². The summed E-state index contributed by atoms with van der Waals surface area (Å²) in [7, 11) is 0. The fourth-order valence-electron chi connectivity index (χ4n) is 2.37. The molecule has 0 spiro atoms. The molecule has 0 fully saturated rings. The zero-order valence-corrected chi connectivity index (χ0v) is 13.9. The number of aliphatic hydroxyl groups excluding tert-OH is 1. The Bertz CT molecular complexity index is 520. The number of hydrogen-bond donors (Lipinski definition) is 2. The van der Waals surface area contributed by atoms with Crippen LogP contribution in [-0.4, -0.2) is 30.0 Å². The Labute approximate surface area is 140 Å². The number of aryl methyl sites for hydroxylation is 1. The summed E-state index contributed by atoms with van der Waals surface area (Å²) < 4.78 is 41.1. The third-order valence-electron chi connectivity index (χ3n) is 3.68. The second-order valence-electron chi connectivity index (χ2n) is 5.85. The van der Waals surface area contributed by atoms with Gasteiger partial charge in [-0.25, -0.2) is 0 Å². The lowest BCUT2D eigenvalue weighted by molar-refractivity contribution is -0.274. The van der Waals surface area contributed by atoms with Crippen molar-refractivity contribution in [2.45, 2.75) is 51.9 Å². The SMILES string of the molecule is CC[C@@H](C[C@@H](C)CO)NC(=O)CCc1ccccc1OC(F)(F)F. The Morgan fingerprint density at radius 2 is 2.00 bits per heavy atom. The minimum atomic E-state index is -4.76. The maximum Gasteiger partial charge on any atom is 0.573 e. The van der Waals surface area contributed by atoms with Gasteiger partial charge in [-0.05, 0) is 36.8 Å². The Hall–Kier alpha value is -1.76. The van der Waals surface area contributed by atoms with E-state index < -0.39 is 6.36 Å². The average molecular weight is 347 g/mol. The maximum atomic E-state index is 12.4. The van der Waals surface area contributed by atoms with Crippen LogP contribution in [0, 0.1) is 5.92 Å². The van der Waals surface area contributed by atoms with Crippen LogP contribution in [-0.2, 0) is 11.2 Å². The van der Waals surface area contributed by atoms with Gasteiger partial charge < -0.3 is 15.2 Å². The molecule has 7 heteroatoms. The molecule has 1 aromatic rings. The molecule has 1 amide bonds. The molecule has 4 nitrogen and oxygen atoms in total. The van der Waals surface area contributed by atoms with Crippen LogP contribution >= 0.6 is 0 Å². The number of rotatable bonds is 9. The molecule has 0 saturated heterocycles. The molecule has 0 aliphatic heterocycles. The second-order valence-corrected chi connectivity index (χ2v) is 5.85. The molecular weight excluding hydrogens is 323 g/mol. The zero-order valence-electron chi connectivity index (χ0n) is 13.9. The van der Waals surface area contributed by atoms with Gasteiger partial charge in [-0.1, -0.05) is 32.0 Å². The Balaban J connectivity index is 2.58. The summed E-state index contributed by atoms with van der Waals surface area (Å²) in [5.74, 6) is -0.427. The van der Waals surface area contributed by atoms with E-state index in [0.29, 0.717) is 12.0 Å². The van der Waals surface area contributed by atoms with Gasteiger partial charge in [-0.15, -0.1) is 13.2 Å². The van der Waals surface area contributed by atoms with Crippen molar-refractivity contribution in [3.63, 3.8) is 0 Å². The Kier molecular flexibility index (Phi) is 8.04. The lowest BCUT2D eigenvalue weighted by atomic mass is 10.0. The van der Waals surface area contributed by atoms with Crippen molar-refractivity contribution in [2.24, 2.45) is 5.92 Å². The third kappa shape index (κ3) is 7.68. The minimum absolute atomic E-state index is 0.0501. The highest BCUT2D eigenvalue weighted by Crippen LogP contribution is 2.27. The van der Waals surface area contributed by atoms with Crippen molar-refractivity contribution in [1.82, 2.24) is 5.32 Å². The van der Waals surface area contributed by atoms with E-state index in [1.54, 1.807) is 6.07 Å². The predicted octanol–water partition coefficient (Wildman–Crippen LogP) is 3.43. The largest absolute Gasteiger partial charge is 0.573 e. The molecule has 0 radical (unpaired) electrons. The van der Waals surface area contributed by atoms with Crippen LogP contribution in [0.3, 0.4) is 0 Å². The average Bonchev–Trinajstić information content (AvgIpc) is 2.51. The van der Waals surface area contributed by atoms with Crippen LogP contribution in [0.15, 0.2) is 24.3 Å². The highest BCUT2D eigenvalue weighted by Gasteiger charge is 2.32. The highest BCUT2D eigenvalue weighted by molar-refractivity contribution is 5.76. The first-order valence-corrected chi connectivity index (χ1v) is 7.99. The first-order chi connectivity index (χ1) is 11.2. The number of para-hydroxylation sites is 1. The summed E-state index contributed by atoms with van der Waals surface area (Å²) in [6.45, 7) is 3.87. The summed E-state index contributed by atoms with van der Waals surface area (Å²) in [5.41, 5.74) is 0.335. The van der Waals surface area contributed by atoms with Crippen molar-refractivity contribution in [3.05, 3.63) is 29.8 Å². The summed E-state index contributed by atoms with van der Waals surface area (Å²) in [6.07, 6.45) is -3.14. The topological polar surface area (TPSA) is 58.6 Å². The van der Waals surface area contributed by atoms with E-state index in [9.17, 15) is 18.0 Å². The predicted molar refractivity (Wildman–Crippen MR) is 84.5 cm³/mol. The van der Waals surface area contributed by atoms with Gasteiger partial charge in [0.1, 0.15) is 5.75 Å². The van der Waals surface area contributed by atoms with Gasteiger partial charge in [-0.2, -0.15) is 0 Å². The molecule has 2 N–H and O–H groups in total. The molecule has 24 heavy (non-hydrogen) atoms. The molecule has 0 bridgehead atoms. The number of alkyl halides is 3. The highest BCUT2D eigenvalue weighted by atomic mass is 19.4. The summed E-state index contributed by atoms with van der Waals surface area (Å²) >= 11 is 0. The molecule has 0 unspecified atom stereocenters. The van der Waals surface area contributed by atoms with E-state index in [-0.39, 0.29) is 43.1 Å². The van der Waals surface area contributed by atoms with Gasteiger partial charge in [0.25, 0.3) is 0 Å². The Morgan fingerprint density at radius 1 is 1.33 bits per heavy atom. The normalized spacial score (nSPS) is 14.1. The summed E-state index contributed by atoms with van der Waals surface area (Å²) in [5, 5.41) is 11.9. The third-order valence-corrected chi connectivity index (χ3v) is 3.68. The van der Waals surface area contributed by atoms with Crippen molar-refractivity contribution in [3.8, 4) is 5.75 Å². The second kappa shape index (κ2) is 9.52. The van der Waals surface area contributed by atoms with E-state index in [2.05, 4.69) is 10.1 Å². The molecule has 0 saturated carbocycles. The Morgan fingerprint density at radius 3 is 2.58 bits per heavy atom. The zero-order chi connectivity index (χ0) is 18.2. The van der Waals surface area contributed by atoms with Crippen LogP contribution in [0.2, 0.25) is 0 Å². The summed E-state index contributed by atoms with van der Waals surface area (Å²) in [6, 6.07) is 5.75. The van der Waals surface area contributed by atoms with E-state index in [1.165, 1.54) is 18.2 Å². The number of carbonyl (C=O) groups excluding carboxylic acids is 1. The lowest BCUT2D eigenvalue weighted by Crippen LogP contribution is -2.36. The molecule has 1 rings (SSSR count). The standard InChI is InChI=1S/C17H24F3NO3/c1-3-14(10-12(2)11-22)21-16(23)9-8-13-6-4-5-7-15(13)24-17(18,19)20/h4-7,12,14,22H,3,8-11H2,1-2H3,(H,21,23)/t12-,14+/m1/s1. The van der Waals surface area contributed by atoms with E-state index >= 15 is 0 Å². The number of hydrogen-bond acceptors (Lipinski definition) is 3. The van der Waals surface area contributed by atoms with E-state index in [1.807, 2.05) is 13.8 Å². The van der Waals surface area contributed by atoms with Gasteiger partial charge in [0, 0.05) is 19.1 Å².